The van der Waals surface area contributed by atoms with E-state index in [0.717, 1.165) is 0 Å². The van der Waals surface area contributed by atoms with Gasteiger partial charge in [-0.1, -0.05) is 41.5 Å². The van der Waals surface area contributed by atoms with E-state index in [0.29, 0.717) is 24.8 Å². The SMILES string of the molecule is CC(C)C(C)CC(=O)NCC(O)C(C)(C)C. The van der Waals surface area contributed by atoms with Crippen LogP contribution in [-0.2, 0) is 4.79 Å². The van der Waals surface area contributed by atoms with Gasteiger partial charge < -0.3 is 10.4 Å². The van der Waals surface area contributed by atoms with Gasteiger partial charge in [0.15, 0.2) is 0 Å². The van der Waals surface area contributed by atoms with Crippen LogP contribution in [0.1, 0.15) is 48.0 Å². The number of nitrogens with one attached hydrogen (secondary N) is 1. The van der Waals surface area contributed by atoms with Crippen molar-refractivity contribution in [3.8, 4) is 0 Å². The molecule has 3 nitrogen and oxygen atoms in total. The summed E-state index contributed by atoms with van der Waals surface area (Å²) in [5, 5.41) is 12.5. The van der Waals surface area contributed by atoms with Crippen LogP contribution in [0, 0.1) is 17.3 Å². The molecule has 2 atom stereocenters. The first-order valence-electron chi connectivity index (χ1n) is 6.09. The molecule has 0 radical (unpaired) electrons. The Balaban J connectivity index is 3.91. The fourth-order valence-electron chi connectivity index (χ4n) is 1.12. The molecule has 3 heteroatoms. The second-order valence-corrected chi connectivity index (χ2v) is 6.11. The van der Waals surface area contributed by atoms with Crippen LogP contribution < -0.4 is 5.32 Å². The zero-order valence-electron chi connectivity index (χ0n) is 11.5. The van der Waals surface area contributed by atoms with Crippen LogP contribution in [0.4, 0.5) is 0 Å². The maximum absolute atomic E-state index is 11.6. The Morgan fingerprint density at radius 1 is 1.25 bits per heavy atom. The average molecular weight is 229 g/mol. The summed E-state index contributed by atoms with van der Waals surface area (Å²) in [6.45, 7) is 12.5. The molecular weight excluding hydrogens is 202 g/mol. The second kappa shape index (κ2) is 6.24. The van der Waals surface area contributed by atoms with Gasteiger partial charge in [0, 0.05) is 13.0 Å². The first-order chi connectivity index (χ1) is 7.14. The molecule has 0 fully saturated rings. The number of rotatable bonds is 5. The van der Waals surface area contributed by atoms with Crippen molar-refractivity contribution in [3.63, 3.8) is 0 Å². The Hall–Kier alpha value is -0.570. The molecule has 0 heterocycles. The van der Waals surface area contributed by atoms with Crippen molar-refractivity contribution in [1.82, 2.24) is 5.32 Å². The minimum Gasteiger partial charge on any atom is -0.391 e. The lowest BCUT2D eigenvalue weighted by atomic mass is 9.89. The molecule has 0 saturated heterocycles. The molecule has 0 aliphatic rings. The van der Waals surface area contributed by atoms with Crippen molar-refractivity contribution >= 4 is 5.91 Å². The highest BCUT2D eigenvalue weighted by molar-refractivity contribution is 5.76. The average Bonchev–Trinajstić information content (AvgIpc) is 2.12. The van der Waals surface area contributed by atoms with E-state index in [9.17, 15) is 9.90 Å². The van der Waals surface area contributed by atoms with Gasteiger partial charge in [-0.15, -0.1) is 0 Å². The van der Waals surface area contributed by atoms with E-state index in [-0.39, 0.29) is 11.3 Å². The third-order valence-electron chi connectivity index (χ3n) is 3.14. The Kier molecular flexibility index (Phi) is 6.01. The highest BCUT2D eigenvalue weighted by Gasteiger charge is 2.22. The van der Waals surface area contributed by atoms with Crippen LogP contribution in [0.3, 0.4) is 0 Å². The Morgan fingerprint density at radius 2 is 1.75 bits per heavy atom. The normalized spacial score (nSPS) is 16.0. The molecule has 1 amide bonds. The third kappa shape index (κ3) is 6.11. The predicted octanol–water partition coefficient (Wildman–Crippen LogP) is 2.19. The number of hydrogen-bond acceptors (Lipinski definition) is 2. The topological polar surface area (TPSA) is 49.3 Å². The van der Waals surface area contributed by atoms with Crippen molar-refractivity contribution in [2.24, 2.45) is 17.3 Å². The predicted molar refractivity (Wildman–Crippen MR) is 67.1 cm³/mol. The number of carbonyl (C=O) groups excluding carboxylic acids is 1. The lowest BCUT2D eigenvalue weighted by Gasteiger charge is -2.26. The number of carbonyl (C=O) groups is 1. The molecule has 0 aromatic carbocycles. The van der Waals surface area contributed by atoms with Crippen molar-refractivity contribution in [2.75, 3.05) is 6.54 Å². The van der Waals surface area contributed by atoms with Crippen molar-refractivity contribution in [1.29, 1.82) is 0 Å². The van der Waals surface area contributed by atoms with E-state index in [1.165, 1.54) is 0 Å². The van der Waals surface area contributed by atoms with Gasteiger partial charge >= 0.3 is 0 Å². The monoisotopic (exact) mass is 229 g/mol. The summed E-state index contributed by atoms with van der Waals surface area (Å²) in [6.07, 6.45) is 0.0416. The Bertz CT molecular complexity index is 218. The first kappa shape index (κ1) is 15.4. The van der Waals surface area contributed by atoms with Gasteiger partial charge in [0.2, 0.25) is 5.91 Å². The van der Waals surface area contributed by atoms with Gasteiger partial charge in [-0.25, -0.2) is 0 Å². The molecule has 0 aliphatic carbocycles. The summed E-state index contributed by atoms with van der Waals surface area (Å²) in [4.78, 5) is 11.6. The van der Waals surface area contributed by atoms with Gasteiger partial charge in [-0.05, 0) is 17.3 Å². The maximum Gasteiger partial charge on any atom is 0.220 e. The number of hydrogen-bond donors (Lipinski definition) is 2. The molecule has 0 aliphatic heterocycles. The molecule has 0 rings (SSSR count). The summed E-state index contributed by atoms with van der Waals surface area (Å²) >= 11 is 0. The number of aliphatic hydroxyl groups is 1. The molecule has 0 aromatic heterocycles. The van der Waals surface area contributed by atoms with Crippen LogP contribution in [0.5, 0.6) is 0 Å². The lowest BCUT2D eigenvalue weighted by molar-refractivity contribution is -0.123. The fourth-order valence-corrected chi connectivity index (χ4v) is 1.12. The Morgan fingerprint density at radius 3 is 2.12 bits per heavy atom. The molecule has 0 bridgehead atoms. The molecule has 0 saturated carbocycles. The van der Waals surface area contributed by atoms with Gasteiger partial charge in [0.25, 0.3) is 0 Å². The molecule has 16 heavy (non-hydrogen) atoms. The van der Waals surface area contributed by atoms with E-state index in [1.807, 2.05) is 20.8 Å². The summed E-state index contributed by atoms with van der Waals surface area (Å²) in [5.74, 6) is 0.926. The van der Waals surface area contributed by atoms with E-state index >= 15 is 0 Å². The summed E-state index contributed by atoms with van der Waals surface area (Å²) in [6, 6.07) is 0. The summed E-state index contributed by atoms with van der Waals surface area (Å²) in [7, 11) is 0. The molecule has 0 aromatic rings. The highest BCUT2D eigenvalue weighted by atomic mass is 16.3. The maximum atomic E-state index is 11.6. The molecule has 96 valence electrons. The van der Waals surface area contributed by atoms with Crippen molar-refractivity contribution < 1.29 is 9.90 Å². The van der Waals surface area contributed by atoms with Gasteiger partial charge in [-0.3, -0.25) is 4.79 Å². The zero-order valence-corrected chi connectivity index (χ0v) is 11.5. The van der Waals surface area contributed by atoms with Crippen molar-refractivity contribution in [3.05, 3.63) is 0 Å². The minimum absolute atomic E-state index is 0.0319. The van der Waals surface area contributed by atoms with E-state index in [2.05, 4.69) is 26.1 Å². The smallest absolute Gasteiger partial charge is 0.220 e. The first-order valence-corrected chi connectivity index (χ1v) is 6.09. The molecule has 0 spiro atoms. The van der Waals surface area contributed by atoms with Crippen molar-refractivity contribution in [2.45, 2.75) is 54.1 Å². The third-order valence-corrected chi connectivity index (χ3v) is 3.14. The van der Waals surface area contributed by atoms with Crippen LogP contribution in [0.25, 0.3) is 0 Å². The van der Waals surface area contributed by atoms with Gasteiger partial charge in [-0.2, -0.15) is 0 Å². The van der Waals surface area contributed by atoms with Crippen LogP contribution >= 0.6 is 0 Å². The van der Waals surface area contributed by atoms with E-state index < -0.39 is 6.10 Å². The molecular formula is C13H27NO2. The zero-order chi connectivity index (χ0) is 12.9. The lowest BCUT2D eigenvalue weighted by Crippen LogP contribution is -2.39. The minimum atomic E-state index is -0.495. The second-order valence-electron chi connectivity index (χ2n) is 6.11. The standard InChI is InChI=1S/C13H27NO2/c1-9(2)10(3)7-12(16)14-8-11(15)13(4,5)6/h9-11,15H,7-8H2,1-6H3,(H,14,16). The summed E-state index contributed by atoms with van der Waals surface area (Å²) < 4.78 is 0. The van der Waals surface area contributed by atoms with Gasteiger partial charge in [0.1, 0.15) is 0 Å². The number of aliphatic hydroxyl groups excluding tert-OH is 1. The Labute approximate surface area is 99.6 Å². The largest absolute Gasteiger partial charge is 0.391 e. The van der Waals surface area contributed by atoms with E-state index in [4.69, 9.17) is 0 Å². The van der Waals surface area contributed by atoms with E-state index in [1.54, 1.807) is 0 Å². The molecule has 2 unspecified atom stereocenters. The quantitative estimate of drug-likeness (QED) is 0.759. The molecule has 2 N–H and O–H groups in total. The van der Waals surface area contributed by atoms with Crippen LogP contribution in [0.2, 0.25) is 0 Å². The van der Waals surface area contributed by atoms with Crippen LogP contribution in [-0.4, -0.2) is 23.7 Å². The van der Waals surface area contributed by atoms with Crippen LogP contribution in [0.15, 0.2) is 0 Å². The highest BCUT2D eigenvalue weighted by Crippen LogP contribution is 2.18. The fraction of sp³-hybridized carbons (Fsp3) is 0.923. The summed E-state index contributed by atoms with van der Waals surface area (Å²) in [5.41, 5.74) is -0.184. The van der Waals surface area contributed by atoms with Gasteiger partial charge in [0.05, 0.1) is 6.10 Å². The number of amides is 1.